The number of hydrogen-bond donors (Lipinski definition) is 0. The maximum absolute atomic E-state index is 12.3. The molecule has 0 aliphatic carbocycles. The predicted octanol–water partition coefficient (Wildman–Crippen LogP) is 2.53. The Labute approximate surface area is 152 Å². The normalized spacial score (nSPS) is 11.1. The molecule has 0 radical (unpaired) electrons. The summed E-state index contributed by atoms with van der Waals surface area (Å²) in [6, 6.07) is 17.9. The fraction of sp³-hybridized carbons (Fsp3) is 0.250. The summed E-state index contributed by atoms with van der Waals surface area (Å²) in [7, 11) is 1.66. The van der Waals surface area contributed by atoms with Gasteiger partial charge in [0.2, 0.25) is 0 Å². The highest BCUT2D eigenvalue weighted by molar-refractivity contribution is 5.83. The molecule has 0 saturated carbocycles. The largest absolute Gasteiger partial charge is 0.482 e. The first-order valence-electron chi connectivity index (χ1n) is 8.11. The van der Waals surface area contributed by atoms with Crippen molar-refractivity contribution < 1.29 is 19.1 Å². The molecule has 0 aliphatic heterocycles. The van der Waals surface area contributed by atoms with Crippen molar-refractivity contribution in [2.75, 3.05) is 13.7 Å². The van der Waals surface area contributed by atoms with E-state index < -0.39 is 12.1 Å². The van der Waals surface area contributed by atoms with E-state index in [-0.39, 0.29) is 12.5 Å². The van der Waals surface area contributed by atoms with E-state index in [0.29, 0.717) is 17.9 Å². The molecular weight excluding hydrogens is 332 g/mol. The van der Waals surface area contributed by atoms with Gasteiger partial charge in [-0.3, -0.25) is 4.79 Å². The van der Waals surface area contributed by atoms with Crippen LogP contribution in [0.3, 0.4) is 0 Å². The van der Waals surface area contributed by atoms with Crippen LogP contribution in [-0.4, -0.2) is 36.5 Å². The van der Waals surface area contributed by atoms with Gasteiger partial charge in [0.1, 0.15) is 5.75 Å². The number of carbonyl (C=O) groups excluding carboxylic acids is 2. The molecule has 0 N–H and O–H groups in total. The molecular formula is C20H20N2O4. The van der Waals surface area contributed by atoms with E-state index in [4.69, 9.17) is 14.7 Å². The van der Waals surface area contributed by atoms with Gasteiger partial charge < -0.3 is 14.4 Å². The number of benzene rings is 2. The lowest BCUT2D eigenvalue weighted by atomic mass is 10.2. The van der Waals surface area contributed by atoms with E-state index in [9.17, 15) is 9.59 Å². The fourth-order valence-corrected chi connectivity index (χ4v) is 2.30. The molecule has 134 valence electrons. The summed E-state index contributed by atoms with van der Waals surface area (Å²) in [5.41, 5.74) is 1.49. The Hall–Kier alpha value is -3.33. The highest BCUT2D eigenvalue weighted by Gasteiger charge is 2.21. The molecule has 0 bridgehead atoms. The van der Waals surface area contributed by atoms with Crippen LogP contribution in [0, 0.1) is 11.3 Å². The van der Waals surface area contributed by atoms with Gasteiger partial charge in [0.05, 0.1) is 11.6 Å². The van der Waals surface area contributed by atoms with Gasteiger partial charge in [0.15, 0.2) is 12.7 Å². The molecule has 0 heterocycles. The van der Waals surface area contributed by atoms with Gasteiger partial charge in [0.25, 0.3) is 5.91 Å². The van der Waals surface area contributed by atoms with Gasteiger partial charge in [-0.1, -0.05) is 30.3 Å². The van der Waals surface area contributed by atoms with Gasteiger partial charge in [-0.05, 0) is 36.8 Å². The first kappa shape index (κ1) is 19.0. The zero-order chi connectivity index (χ0) is 18.9. The van der Waals surface area contributed by atoms with Gasteiger partial charge in [-0.15, -0.1) is 0 Å². The third-order valence-corrected chi connectivity index (χ3v) is 3.63. The summed E-state index contributed by atoms with van der Waals surface area (Å²) in [5.74, 6) is -0.481. The summed E-state index contributed by atoms with van der Waals surface area (Å²) in [4.78, 5) is 25.7. The second-order valence-corrected chi connectivity index (χ2v) is 5.74. The summed E-state index contributed by atoms with van der Waals surface area (Å²) in [6.07, 6.45) is -0.902. The highest BCUT2D eigenvalue weighted by Crippen LogP contribution is 2.12. The maximum Gasteiger partial charge on any atom is 0.344 e. The second kappa shape index (κ2) is 9.23. The van der Waals surface area contributed by atoms with E-state index in [1.807, 2.05) is 36.4 Å². The Morgan fingerprint density at radius 1 is 1.12 bits per heavy atom. The van der Waals surface area contributed by atoms with E-state index in [1.165, 1.54) is 11.8 Å². The van der Waals surface area contributed by atoms with Crippen LogP contribution in [0.1, 0.15) is 18.1 Å². The van der Waals surface area contributed by atoms with Crippen molar-refractivity contribution in [2.24, 2.45) is 0 Å². The molecule has 0 fully saturated rings. The Morgan fingerprint density at radius 3 is 2.38 bits per heavy atom. The molecule has 6 nitrogen and oxygen atoms in total. The average Bonchev–Trinajstić information content (AvgIpc) is 2.66. The van der Waals surface area contributed by atoms with Crippen molar-refractivity contribution in [3.63, 3.8) is 0 Å². The van der Waals surface area contributed by atoms with Crippen LogP contribution in [0.2, 0.25) is 0 Å². The van der Waals surface area contributed by atoms with E-state index in [2.05, 4.69) is 0 Å². The van der Waals surface area contributed by atoms with Gasteiger partial charge >= 0.3 is 5.97 Å². The molecule has 26 heavy (non-hydrogen) atoms. The second-order valence-electron chi connectivity index (χ2n) is 5.74. The topological polar surface area (TPSA) is 79.6 Å². The van der Waals surface area contributed by atoms with Crippen LogP contribution < -0.4 is 4.74 Å². The standard InChI is InChI=1S/C20H20N2O4/c1-15(20(24)22(2)13-17-6-4-3-5-7-17)26-19(23)14-25-18-10-8-16(12-21)9-11-18/h3-11,15H,13-14H2,1-2H3. The zero-order valence-electron chi connectivity index (χ0n) is 14.7. The molecule has 6 heteroatoms. The third kappa shape index (κ3) is 5.64. The number of likely N-dealkylation sites (N-methyl/N-ethyl adjacent to an activating group) is 1. The number of hydrogen-bond acceptors (Lipinski definition) is 5. The summed E-state index contributed by atoms with van der Waals surface area (Å²) < 4.78 is 10.4. The maximum atomic E-state index is 12.3. The number of carbonyl (C=O) groups is 2. The molecule has 0 aromatic heterocycles. The fourth-order valence-electron chi connectivity index (χ4n) is 2.30. The third-order valence-electron chi connectivity index (χ3n) is 3.63. The minimum Gasteiger partial charge on any atom is -0.482 e. The van der Waals surface area contributed by atoms with Crippen LogP contribution in [0.25, 0.3) is 0 Å². The van der Waals surface area contributed by atoms with Gasteiger partial charge in [-0.25, -0.2) is 4.79 Å². The molecule has 0 aliphatic rings. The molecule has 1 unspecified atom stereocenters. The van der Waals surface area contributed by atoms with E-state index in [1.54, 1.807) is 31.3 Å². The molecule has 2 rings (SSSR count). The molecule has 0 spiro atoms. The minimum atomic E-state index is -0.902. The Morgan fingerprint density at radius 2 is 1.77 bits per heavy atom. The number of ether oxygens (including phenoxy) is 2. The van der Waals surface area contributed by atoms with E-state index >= 15 is 0 Å². The minimum absolute atomic E-state index is 0.291. The van der Waals surface area contributed by atoms with Crippen molar-refractivity contribution in [2.45, 2.75) is 19.6 Å². The predicted molar refractivity (Wildman–Crippen MR) is 95.1 cm³/mol. The molecule has 1 atom stereocenters. The SMILES string of the molecule is CC(OC(=O)COc1ccc(C#N)cc1)C(=O)N(C)Cc1ccccc1. The van der Waals surface area contributed by atoms with Gasteiger partial charge in [0, 0.05) is 13.6 Å². The summed E-state index contributed by atoms with van der Waals surface area (Å²) in [6.45, 7) is 1.65. The number of amides is 1. The van der Waals surface area contributed by atoms with Crippen molar-refractivity contribution >= 4 is 11.9 Å². The molecule has 2 aromatic carbocycles. The van der Waals surface area contributed by atoms with Crippen molar-refractivity contribution in [1.82, 2.24) is 4.90 Å². The quantitative estimate of drug-likeness (QED) is 0.716. The van der Waals surface area contributed by atoms with Crippen molar-refractivity contribution in [3.8, 4) is 11.8 Å². The first-order valence-corrected chi connectivity index (χ1v) is 8.11. The molecule has 1 amide bonds. The lowest BCUT2D eigenvalue weighted by Gasteiger charge is -2.21. The number of nitriles is 1. The number of esters is 1. The first-order chi connectivity index (χ1) is 12.5. The molecule has 2 aromatic rings. The van der Waals surface area contributed by atoms with Crippen LogP contribution in [0.4, 0.5) is 0 Å². The summed E-state index contributed by atoms with van der Waals surface area (Å²) in [5, 5.41) is 8.73. The Balaban J connectivity index is 1.79. The average molecular weight is 352 g/mol. The Kier molecular flexibility index (Phi) is 6.75. The monoisotopic (exact) mass is 352 g/mol. The van der Waals surface area contributed by atoms with Crippen LogP contribution in [-0.2, 0) is 20.9 Å². The smallest absolute Gasteiger partial charge is 0.344 e. The highest BCUT2D eigenvalue weighted by atomic mass is 16.6. The van der Waals surface area contributed by atoms with Crippen molar-refractivity contribution in [1.29, 1.82) is 5.26 Å². The summed E-state index contributed by atoms with van der Waals surface area (Å²) >= 11 is 0. The lowest BCUT2D eigenvalue weighted by molar-refractivity contribution is -0.160. The Bertz CT molecular complexity index is 782. The number of rotatable bonds is 7. The van der Waals surface area contributed by atoms with Crippen molar-refractivity contribution in [3.05, 3.63) is 65.7 Å². The van der Waals surface area contributed by atoms with Crippen LogP contribution in [0.15, 0.2) is 54.6 Å². The number of nitrogens with zero attached hydrogens (tertiary/aromatic N) is 2. The van der Waals surface area contributed by atoms with E-state index in [0.717, 1.165) is 5.56 Å². The molecule has 0 saturated heterocycles. The van der Waals surface area contributed by atoms with Gasteiger partial charge in [-0.2, -0.15) is 5.26 Å². The lowest BCUT2D eigenvalue weighted by Crippen LogP contribution is -2.37. The van der Waals surface area contributed by atoms with Crippen LogP contribution >= 0.6 is 0 Å². The van der Waals surface area contributed by atoms with Crippen LogP contribution in [0.5, 0.6) is 5.75 Å². The zero-order valence-corrected chi connectivity index (χ0v) is 14.7.